The maximum atomic E-state index is 11.1. The normalized spacial score (nSPS) is 10.4. The molecular weight excluding hydrogens is 232 g/mol. The van der Waals surface area contributed by atoms with Gasteiger partial charge in [0.05, 0.1) is 13.7 Å². The first-order valence-electron chi connectivity index (χ1n) is 5.79. The van der Waals surface area contributed by atoms with Gasteiger partial charge in [0.2, 0.25) is 5.91 Å². The predicted molar refractivity (Wildman–Crippen MR) is 70.2 cm³/mol. The number of hydrogen-bond donors (Lipinski definition) is 1. The third kappa shape index (κ3) is 4.63. The number of hydrogen-bond acceptors (Lipinski definition) is 4. The Kier molecular flexibility index (Phi) is 5.45. The van der Waals surface area contributed by atoms with E-state index in [1.807, 2.05) is 14.1 Å². The SMILES string of the molecule is COc1cc(OCCCN(C)C)cc(C(N)=O)c1. The van der Waals surface area contributed by atoms with E-state index in [1.54, 1.807) is 18.2 Å². The van der Waals surface area contributed by atoms with Crippen LogP contribution in [0.3, 0.4) is 0 Å². The van der Waals surface area contributed by atoms with Crippen molar-refractivity contribution in [1.82, 2.24) is 4.90 Å². The first kappa shape index (κ1) is 14.3. The zero-order chi connectivity index (χ0) is 13.5. The minimum atomic E-state index is -0.493. The molecule has 5 heteroatoms. The molecule has 0 fully saturated rings. The fourth-order valence-electron chi connectivity index (χ4n) is 1.49. The Labute approximate surface area is 107 Å². The molecule has 0 aliphatic carbocycles. The lowest BCUT2D eigenvalue weighted by Gasteiger charge is -2.11. The fraction of sp³-hybridized carbons (Fsp3) is 0.462. The van der Waals surface area contributed by atoms with Crippen LogP contribution in [0.2, 0.25) is 0 Å². The molecule has 18 heavy (non-hydrogen) atoms. The van der Waals surface area contributed by atoms with Crippen molar-refractivity contribution in [1.29, 1.82) is 0 Å². The third-order valence-corrected chi connectivity index (χ3v) is 2.42. The van der Waals surface area contributed by atoms with Crippen LogP contribution in [0.5, 0.6) is 11.5 Å². The summed E-state index contributed by atoms with van der Waals surface area (Å²) in [5, 5.41) is 0. The third-order valence-electron chi connectivity index (χ3n) is 2.42. The van der Waals surface area contributed by atoms with Crippen LogP contribution in [-0.2, 0) is 0 Å². The molecule has 0 unspecified atom stereocenters. The topological polar surface area (TPSA) is 64.8 Å². The van der Waals surface area contributed by atoms with E-state index in [9.17, 15) is 4.79 Å². The highest BCUT2D eigenvalue weighted by Gasteiger charge is 2.06. The quantitative estimate of drug-likeness (QED) is 0.739. The van der Waals surface area contributed by atoms with Crippen molar-refractivity contribution in [2.45, 2.75) is 6.42 Å². The summed E-state index contributed by atoms with van der Waals surface area (Å²) in [5.41, 5.74) is 5.63. The molecule has 100 valence electrons. The van der Waals surface area contributed by atoms with Crippen LogP contribution < -0.4 is 15.2 Å². The molecule has 0 saturated carbocycles. The molecule has 0 aliphatic rings. The van der Waals surface area contributed by atoms with Crippen molar-refractivity contribution in [2.75, 3.05) is 34.4 Å². The van der Waals surface area contributed by atoms with Gasteiger partial charge in [0.25, 0.3) is 0 Å². The summed E-state index contributed by atoms with van der Waals surface area (Å²) in [4.78, 5) is 13.2. The van der Waals surface area contributed by atoms with Gasteiger partial charge in [-0.1, -0.05) is 0 Å². The number of nitrogens with zero attached hydrogens (tertiary/aromatic N) is 1. The molecule has 0 spiro atoms. The number of amides is 1. The van der Waals surface area contributed by atoms with Crippen LogP contribution >= 0.6 is 0 Å². The van der Waals surface area contributed by atoms with Crippen LogP contribution in [-0.4, -0.2) is 45.2 Å². The second-order valence-corrected chi connectivity index (χ2v) is 4.27. The smallest absolute Gasteiger partial charge is 0.248 e. The lowest BCUT2D eigenvalue weighted by atomic mass is 10.2. The van der Waals surface area contributed by atoms with Gasteiger partial charge in [-0.3, -0.25) is 4.79 Å². The molecule has 0 aliphatic heterocycles. The lowest BCUT2D eigenvalue weighted by molar-refractivity contribution is 0.0999. The number of carbonyl (C=O) groups is 1. The van der Waals surface area contributed by atoms with E-state index < -0.39 is 5.91 Å². The molecule has 2 N–H and O–H groups in total. The van der Waals surface area contributed by atoms with Crippen molar-refractivity contribution in [3.05, 3.63) is 23.8 Å². The van der Waals surface area contributed by atoms with E-state index in [0.717, 1.165) is 13.0 Å². The number of carbonyl (C=O) groups excluding carboxylic acids is 1. The van der Waals surface area contributed by atoms with Crippen molar-refractivity contribution >= 4 is 5.91 Å². The highest BCUT2D eigenvalue weighted by atomic mass is 16.5. The van der Waals surface area contributed by atoms with E-state index in [4.69, 9.17) is 15.2 Å². The van der Waals surface area contributed by atoms with Crippen molar-refractivity contribution in [3.63, 3.8) is 0 Å². The number of benzene rings is 1. The second-order valence-electron chi connectivity index (χ2n) is 4.27. The van der Waals surface area contributed by atoms with Crippen molar-refractivity contribution < 1.29 is 14.3 Å². The Balaban J connectivity index is 2.64. The Morgan fingerprint density at radius 3 is 2.50 bits per heavy atom. The van der Waals surface area contributed by atoms with Gasteiger partial charge in [-0.15, -0.1) is 0 Å². The average Bonchev–Trinajstić information content (AvgIpc) is 2.34. The first-order chi connectivity index (χ1) is 8.52. The molecule has 1 aromatic carbocycles. The van der Waals surface area contributed by atoms with E-state index in [2.05, 4.69) is 4.90 Å². The molecule has 0 heterocycles. The zero-order valence-electron chi connectivity index (χ0n) is 11.1. The second kappa shape index (κ2) is 6.86. The molecule has 5 nitrogen and oxygen atoms in total. The lowest BCUT2D eigenvalue weighted by Crippen LogP contribution is -2.16. The van der Waals surface area contributed by atoms with E-state index in [-0.39, 0.29) is 0 Å². The largest absolute Gasteiger partial charge is 0.497 e. The summed E-state index contributed by atoms with van der Waals surface area (Å²) in [7, 11) is 5.56. The van der Waals surface area contributed by atoms with E-state index >= 15 is 0 Å². The van der Waals surface area contributed by atoms with Crippen LogP contribution in [0.15, 0.2) is 18.2 Å². The molecule has 0 radical (unpaired) electrons. The zero-order valence-corrected chi connectivity index (χ0v) is 11.1. The van der Waals surface area contributed by atoms with Gasteiger partial charge in [0, 0.05) is 18.2 Å². The Morgan fingerprint density at radius 1 is 1.28 bits per heavy atom. The highest BCUT2D eigenvalue weighted by Crippen LogP contribution is 2.22. The Hall–Kier alpha value is -1.75. The van der Waals surface area contributed by atoms with Gasteiger partial charge in [-0.2, -0.15) is 0 Å². The predicted octanol–water partition coefficient (Wildman–Crippen LogP) is 1.12. The summed E-state index contributed by atoms with van der Waals surface area (Å²) < 4.78 is 10.7. The first-order valence-corrected chi connectivity index (χ1v) is 5.79. The minimum absolute atomic E-state index is 0.386. The maximum absolute atomic E-state index is 11.1. The highest BCUT2D eigenvalue weighted by molar-refractivity contribution is 5.93. The summed E-state index contributed by atoms with van der Waals surface area (Å²) in [6, 6.07) is 4.96. The van der Waals surface area contributed by atoms with Crippen LogP contribution in [0.1, 0.15) is 16.8 Å². The number of methoxy groups -OCH3 is 1. The maximum Gasteiger partial charge on any atom is 0.248 e. The molecule has 1 rings (SSSR count). The molecular formula is C13H20N2O3. The number of nitrogens with two attached hydrogens (primary N) is 1. The molecule has 0 bridgehead atoms. The molecule has 0 aromatic heterocycles. The van der Waals surface area contributed by atoms with Crippen LogP contribution in [0.4, 0.5) is 0 Å². The number of rotatable bonds is 7. The van der Waals surface area contributed by atoms with E-state index in [1.165, 1.54) is 7.11 Å². The summed E-state index contributed by atoms with van der Waals surface area (Å²) in [6.07, 6.45) is 0.913. The monoisotopic (exact) mass is 252 g/mol. The summed E-state index contributed by atoms with van der Waals surface area (Å²) in [5.74, 6) is 0.669. The Morgan fingerprint density at radius 2 is 1.94 bits per heavy atom. The van der Waals surface area contributed by atoms with Crippen molar-refractivity contribution in [2.24, 2.45) is 5.73 Å². The van der Waals surface area contributed by atoms with Gasteiger partial charge in [0.15, 0.2) is 0 Å². The number of ether oxygens (including phenoxy) is 2. The van der Waals surface area contributed by atoms with E-state index in [0.29, 0.717) is 23.7 Å². The van der Waals surface area contributed by atoms with Gasteiger partial charge >= 0.3 is 0 Å². The van der Waals surface area contributed by atoms with Gasteiger partial charge < -0.3 is 20.1 Å². The molecule has 1 amide bonds. The van der Waals surface area contributed by atoms with Gasteiger partial charge in [0.1, 0.15) is 11.5 Å². The number of primary amides is 1. The molecule has 0 saturated heterocycles. The van der Waals surface area contributed by atoms with Gasteiger partial charge in [-0.25, -0.2) is 0 Å². The van der Waals surface area contributed by atoms with Crippen molar-refractivity contribution in [3.8, 4) is 11.5 Å². The fourth-order valence-corrected chi connectivity index (χ4v) is 1.49. The average molecular weight is 252 g/mol. The van der Waals surface area contributed by atoms with Crippen LogP contribution in [0, 0.1) is 0 Å². The molecule has 0 atom stereocenters. The summed E-state index contributed by atoms with van der Waals surface area (Å²) in [6.45, 7) is 1.54. The summed E-state index contributed by atoms with van der Waals surface area (Å²) >= 11 is 0. The standard InChI is InChI=1S/C13H20N2O3/c1-15(2)5-4-6-18-12-8-10(13(14)16)7-11(9-12)17-3/h7-9H,4-6H2,1-3H3,(H2,14,16). The Bertz CT molecular complexity index is 405. The minimum Gasteiger partial charge on any atom is -0.497 e. The van der Waals surface area contributed by atoms with Gasteiger partial charge in [-0.05, 0) is 32.6 Å². The van der Waals surface area contributed by atoms with Crippen LogP contribution in [0.25, 0.3) is 0 Å². The molecule has 1 aromatic rings.